The lowest BCUT2D eigenvalue weighted by Crippen LogP contribution is -2.57. The number of hydrogen-bond acceptors (Lipinski definition) is 4. The summed E-state index contributed by atoms with van der Waals surface area (Å²) in [5, 5.41) is 14.6. The maximum Gasteiger partial charge on any atom is 0.347 e. The first-order valence-electron chi connectivity index (χ1n) is 7.73. The molecule has 1 aliphatic heterocycles. The fraction of sp³-hybridized carbons (Fsp3) is 0.500. The van der Waals surface area contributed by atoms with Gasteiger partial charge in [0.15, 0.2) is 0 Å². The lowest BCUT2D eigenvalue weighted by molar-refractivity contribution is -0.120. The van der Waals surface area contributed by atoms with Crippen molar-refractivity contribution in [2.24, 2.45) is 0 Å². The normalized spacial score (nSPS) is 20.8. The SMILES string of the molecule is CC[C@@H](C)N1C(=S)SC(C)(C)[C@@H]1N(O)C(=O)Nc1ccc(Cl)cc1. The second-order valence-corrected chi connectivity index (χ2v) is 9.02. The first kappa shape index (κ1) is 19.3. The number of hydroxylamine groups is 2. The van der Waals surface area contributed by atoms with Crippen molar-refractivity contribution in [3.63, 3.8) is 0 Å². The monoisotopic (exact) mass is 387 g/mol. The van der Waals surface area contributed by atoms with Crippen molar-refractivity contribution in [1.29, 1.82) is 0 Å². The maximum atomic E-state index is 12.5. The van der Waals surface area contributed by atoms with E-state index in [1.54, 1.807) is 24.3 Å². The van der Waals surface area contributed by atoms with Gasteiger partial charge in [0.2, 0.25) is 0 Å². The van der Waals surface area contributed by atoms with Gasteiger partial charge in [-0.15, -0.1) is 0 Å². The van der Waals surface area contributed by atoms with Crippen molar-refractivity contribution in [1.82, 2.24) is 9.96 Å². The van der Waals surface area contributed by atoms with E-state index in [0.29, 0.717) is 15.0 Å². The Labute approximate surface area is 157 Å². The number of benzene rings is 1. The van der Waals surface area contributed by atoms with Gasteiger partial charge in [0, 0.05) is 16.8 Å². The summed E-state index contributed by atoms with van der Waals surface area (Å²) in [7, 11) is 0. The molecule has 1 fully saturated rings. The van der Waals surface area contributed by atoms with E-state index < -0.39 is 16.9 Å². The Morgan fingerprint density at radius 2 is 2.08 bits per heavy atom. The van der Waals surface area contributed by atoms with E-state index in [4.69, 9.17) is 23.8 Å². The smallest absolute Gasteiger partial charge is 0.331 e. The Morgan fingerprint density at radius 1 is 1.50 bits per heavy atom. The van der Waals surface area contributed by atoms with Crippen molar-refractivity contribution in [3.05, 3.63) is 29.3 Å². The molecule has 2 N–H and O–H groups in total. The van der Waals surface area contributed by atoms with Crippen LogP contribution in [-0.4, -0.2) is 42.5 Å². The molecule has 2 atom stereocenters. The number of rotatable bonds is 4. The number of carbonyl (C=O) groups is 1. The van der Waals surface area contributed by atoms with E-state index >= 15 is 0 Å². The predicted molar refractivity (Wildman–Crippen MR) is 104 cm³/mol. The van der Waals surface area contributed by atoms with Crippen LogP contribution in [0.3, 0.4) is 0 Å². The van der Waals surface area contributed by atoms with Crippen LogP contribution >= 0.6 is 35.6 Å². The molecule has 2 amide bonds. The summed E-state index contributed by atoms with van der Waals surface area (Å²) in [6, 6.07) is 6.23. The summed E-state index contributed by atoms with van der Waals surface area (Å²) in [5.74, 6) is 0. The number of nitrogens with one attached hydrogen (secondary N) is 1. The van der Waals surface area contributed by atoms with Gasteiger partial charge in [-0.1, -0.05) is 42.5 Å². The zero-order valence-electron chi connectivity index (χ0n) is 14.1. The second kappa shape index (κ2) is 7.47. The number of urea groups is 1. The van der Waals surface area contributed by atoms with Crippen LogP contribution in [0.5, 0.6) is 0 Å². The second-order valence-electron chi connectivity index (χ2n) is 6.29. The highest BCUT2D eigenvalue weighted by Crippen LogP contribution is 2.43. The van der Waals surface area contributed by atoms with Crippen LogP contribution in [0.25, 0.3) is 0 Å². The number of thiocarbonyl (C=S) groups is 1. The third-order valence-corrected chi connectivity index (χ3v) is 5.88. The number of amides is 2. The fourth-order valence-electron chi connectivity index (χ4n) is 2.62. The van der Waals surface area contributed by atoms with Crippen molar-refractivity contribution in [2.45, 2.75) is 51.1 Å². The van der Waals surface area contributed by atoms with Crippen LogP contribution in [0.2, 0.25) is 5.02 Å². The summed E-state index contributed by atoms with van der Waals surface area (Å²) < 4.78 is 0.268. The molecule has 1 aliphatic rings. The number of nitrogens with zero attached hydrogens (tertiary/aromatic N) is 2. The Balaban J connectivity index is 2.20. The summed E-state index contributed by atoms with van der Waals surface area (Å²) in [5.41, 5.74) is 0.560. The molecule has 0 aromatic heterocycles. The van der Waals surface area contributed by atoms with Gasteiger partial charge >= 0.3 is 6.03 Å². The van der Waals surface area contributed by atoms with E-state index in [1.165, 1.54) is 11.8 Å². The lowest BCUT2D eigenvalue weighted by Gasteiger charge is -2.39. The molecule has 2 rings (SSSR count). The first-order valence-corrected chi connectivity index (χ1v) is 9.33. The summed E-state index contributed by atoms with van der Waals surface area (Å²) in [4.78, 5) is 14.4. The average Bonchev–Trinajstić information content (AvgIpc) is 2.76. The third kappa shape index (κ3) is 3.96. The standard InChI is InChI=1S/C16H22ClN3O2S2/c1-5-10(2)19-13(16(3,4)24-15(19)23)20(22)14(21)18-12-8-6-11(17)7-9-12/h6-10,13,22H,5H2,1-4H3,(H,18,21)/t10-,13+/m1/s1. The summed E-state index contributed by atoms with van der Waals surface area (Å²) in [6.07, 6.45) is 0.317. The number of carbonyl (C=O) groups excluding carboxylic acids is 1. The molecule has 1 heterocycles. The Hall–Kier alpha value is -1.02. The number of thioether (sulfide) groups is 1. The van der Waals surface area contributed by atoms with E-state index in [1.807, 2.05) is 25.7 Å². The molecular weight excluding hydrogens is 366 g/mol. The topological polar surface area (TPSA) is 55.8 Å². The number of hydrogen-bond donors (Lipinski definition) is 2. The minimum Gasteiger partial charge on any atom is -0.331 e. The average molecular weight is 388 g/mol. The van der Waals surface area contributed by atoms with Crippen LogP contribution in [-0.2, 0) is 0 Å². The molecule has 1 saturated heterocycles. The molecule has 0 bridgehead atoms. The molecule has 0 saturated carbocycles. The fourth-order valence-corrected chi connectivity index (χ4v) is 4.82. The van der Waals surface area contributed by atoms with E-state index in [2.05, 4.69) is 12.2 Å². The number of anilines is 1. The molecule has 0 unspecified atom stereocenters. The van der Waals surface area contributed by atoms with Gasteiger partial charge in [0.25, 0.3) is 0 Å². The van der Waals surface area contributed by atoms with Crippen molar-refractivity contribution in [2.75, 3.05) is 5.32 Å². The van der Waals surface area contributed by atoms with Crippen molar-refractivity contribution < 1.29 is 10.0 Å². The predicted octanol–water partition coefficient (Wildman–Crippen LogP) is 4.80. The molecule has 1 aromatic carbocycles. The molecule has 24 heavy (non-hydrogen) atoms. The zero-order chi connectivity index (χ0) is 18.1. The van der Waals surface area contributed by atoms with Crippen LogP contribution in [0.1, 0.15) is 34.1 Å². The molecular formula is C16H22ClN3O2S2. The Kier molecular flexibility index (Phi) is 6.01. The first-order chi connectivity index (χ1) is 11.2. The molecule has 0 radical (unpaired) electrons. The Bertz CT molecular complexity index is 624. The van der Waals surface area contributed by atoms with Crippen LogP contribution in [0.4, 0.5) is 10.5 Å². The van der Waals surface area contributed by atoms with Gasteiger partial charge in [-0.05, 0) is 51.5 Å². The highest BCUT2D eigenvalue weighted by atomic mass is 35.5. The van der Waals surface area contributed by atoms with Crippen molar-refractivity contribution in [3.8, 4) is 0 Å². The highest BCUT2D eigenvalue weighted by molar-refractivity contribution is 8.24. The third-order valence-electron chi connectivity index (χ3n) is 4.05. The lowest BCUT2D eigenvalue weighted by atomic mass is 10.1. The van der Waals surface area contributed by atoms with E-state index in [9.17, 15) is 10.0 Å². The highest BCUT2D eigenvalue weighted by Gasteiger charge is 2.50. The van der Waals surface area contributed by atoms with E-state index in [0.717, 1.165) is 11.5 Å². The van der Waals surface area contributed by atoms with Crippen molar-refractivity contribution >= 4 is 51.6 Å². The van der Waals surface area contributed by atoms with Crippen LogP contribution in [0, 0.1) is 0 Å². The van der Waals surface area contributed by atoms with Gasteiger partial charge < -0.3 is 10.2 Å². The molecule has 0 spiro atoms. The quantitative estimate of drug-likeness (QED) is 0.441. The van der Waals surface area contributed by atoms with Gasteiger partial charge in [-0.3, -0.25) is 5.21 Å². The molecule has 1 aromatic rings. The van der Waals surface area contributed by atoms with Gasteiger partial charge in [0.1, 0.15) is 10.5 Å². The van der Waals surface area contributed by atoms with Crippen LogP contribution < -0.4 is 5.32 Å². The van der Waals surface area contributed by atoms with Gasteiger partial charge in [0.05, 0.1) is 4.75 Å². The zero-order valence-corrected chi connectivity index (χ0v) is 16.5. The maximum absolute atomic E-state index is 12.5. The molecule has 132 valence electrons. The van der Waals surface area contributed by atoms with Gasteiger partial charge in [-0.2, -0.15) is 5.06 Å². The summed E-state index contributed by atoms with van der Waals surface area (Å²) in [6.45, 7) is 8.02. The Morgan fingerprint density at radius 3 is 2.62 bits per heavy atom. The molecule has 5 nitrogen and oxygen atoms in total. The van der Waals surface area contributed by atoms with Gasteiger partial charge in [-0.25, -0.2) is 4.79 Å². The summed E-state index contributed by atoms with van der Waals surface area (Å²) >= 11 is 12.8. The largest absolute Gasteiger partial charge is 0.347 e. The minimum absolute atomic E-state index is 0.120. The molecule has 0 aliphatic carbocycles. The minimum atomic E-state index is -0.603. The van der Waals surface area contributed by atoms with Crippen LogP contribution in [0.15, 0.2) is 24.3 Å². The van der Waals surface area contributed by atoms with E-state index in [-0.39, 0.29) is 6.04 Å². The molecule has 8 heteroatoms. The number of halogens is 1.